The minimum Gasteiger partial charge on any atom is -0.453 e. The number of methoxy groups -OCH3 is 1. The van der Waals surface area contributed by atoms with Crippen LogP contribution in [0, 0.1) is 0 Å². The minimum atomic E-state index is -1.17. The van der Waals surface area contributed by atoms with Gasteiger partial charge in [-0.1, -0.05) is 30.3 Å². The van der Waals surface area contributed by atoms with Crippen molar-refractivity contribution in [1.82, 2.24) is 5.32 Å². The normalized spacial score (nSPS) is 14.1. The number of halogens is 1. The standard InChI is InChI=1S/C11H14FNO2/c1-8(12)10(13-11(14)15-2)9-6-4-3-5-7-9/h3-8,10H,1-2H3,(H,13,14)/t8-,10+/m1/s1. The summed E-state index contributed by atoms with van der Waals surface area (Å²) in [5, 5.41) is 2.45. The molecule has 0 aliphatic rings. The number of ether oxygens (including phenoxy) is 1. The maximum atomic E-state index is 13.3. The van der Waals surface area contributed by atoms with Gasteiger partial charge >= 0.3 is 6.09 Å². The Morgan fingerprint density at radius 3 is 2.47 bits per heavy atom. The summed E-state index contributed by atoms with van der Waals surface area (Å²) in [5.41, 5.74) is 0.720. The second kappa shape index (κ2) is 5.34. The molecule has 1 rings (SSSR count). The third kappa shape index (κ3) is 3.23. The van der Waals surface area contributed by atoms with E-state index in [0.717, 1.165) is 5.56 Å². The predicted molar refractivity (Wildman–Crippen MR) is 55.3 cm³/mol. The first-order valence-corrected chi connectivity index (χ1v) is 4.68. The molecule has 4 heteroatoms. The van der Waals surface area contributed by atoms with Crippen LogP contribution >= 0.6 is 0 Å². The fourth-order valence-electron chi connectivity index (χ4n) is 1.31. The Balaban J connectivity index is 2.79. The third-order valence-electron chi connectivity index (χ3n) is 2.08. The Morgan fingerprint density at radius 1 is 1.40 bits per heavy atom. The number of rotatable bonds is 3. The highest BCUT2D eigenvalue weighted by atomic mass is 19.1. The van der Waals surface area contributed by atoms with Gasteiger partial charge < -0.3 is 10.1 Å². The molecule has 0 radical (unpaired) electrons. The molecule has 15 heavy (non-hydrogen) atoms. The average molecular weight is 211 g/mol. The molecule has 0 aromatic heterocycles. The van der Waals surface area contributed by atoms with Gasteiger partial charge in [0.15, 0.2) is 0 Å². The predicted octanol–water partition coefficient (Wildman–Crippen LogP) is 2.44. The minimum absolute atomic E-state index is 0.631. The van der Waals surface area contributed by atoms with Crippen molar-refractivity contribution in [3.8, 4) is 0 Å². The Morgan fingerprint density at radius 2 is 2.00 bits per heavy atom. The molecule has 0 spiro atoms. The molecule has 1 aromatic rings. The van der Waals surface area contributed by atoms with E-state index in [4.69, 9.17) is 0 Å². The highest BCUT2D eigenvalue weighted by Gasteiger charge is 2.20. The maximum Gasteiger partial charge on any atom is 0.407 e. The Labute approximate surface area is 88.2 Å². The first-order chi connectivity index (χ1) is 7.15. The van der Waals surface area contributed by atoms with Crippen LogP contribution in [0.15, 0.2) is 30.3 Å². The number of hydrogen-bond donors (Lipinski definition) is 1. The fraction of sp³-hybridized carbons (Fsp3) is 0.364. The van der Waals surface area contributed by atoms with E-state index >= 15 is 0 Å². The maximum absolute atomic E-state index is 13.3. The van der Waals surface area contributed by atoms with E-state index in [-0.39, 0.29) is 0 Å². The molecule has 0 unspecified atom stereocenters. The molecule has 0 fully saturated rings. The first kappa shape index (κ1) is 11.5. The molecule has 3 nitrogen and oxygen atoms in total. The van der Waals surface area contributed by atoms with E-state index in [1.807, 2.05) is 6.07 Å². The number of hydrogen-bond acceptors (Lipinski definition) is 2. The Bertz CT molecular complexity index is 314. The molecule has 0 aliphatic carbocycles. The molecular formula is C11H14FNO2. The van der Waals surface area contributed by atoms with Crippen molar-refractivity contribution < 1.29 is 13.9 Å². The summed E-state index contributed by atoms with van der Waals surface area (Å²) in [4.78, 5) is 11.0. The Hall–Kier alpha value is -1.58. The van der Waals surface area contributed by atoms with E-state index in [0.29, 0.717) is 0 Å². The molecule has 82 valence electrons. The van der Waals surface area contributed by atoms with Gasteiger partial charge in [-0.25, -0.2) is 9.18 Å². The lowest BCUT2D eigenvalue weighted by Crippen LogP contribution is -2.33. The highest BCUT2D eigenvalue weighted by molar-refractivity contribution is 5.67. The molecule has 1 aromatic carbocycles. The smallest absolute Gasteiger partial charge is 0.407 e. The van der Waals surface area contributed by atoms with Crippen LogP contribution in [0.2, 0.25) is 0 Å². The van der Waals surface area contributed by atoms with Gasteiger partial charge in [0.25, 0.3) is 0 Å². The average Bonchev–Trinajstić information content (AvgIpc) is 2.26. The number of benzene rings is 1. The quantitative estimate of drug-likeness (QED) is 0.833. The number of alkyl carbamates (subject to hydrolysis) is 1. The summed E-state index contributed by atoms with van der Waals surface area (Å²) in [6.07, 6.45) is -1.81. The fourth-order valence-corrected chi connectivity index (χ4v) is 1.31. The SMILES string of the molecule is COC(=O)N[C@H](c1ccccc1)[C@@H](C)F. The van der Waals surface area contributed by atoms with Crippen LogP contribution in [0.25, 0.3) is 0 Å². The van der Waals surface area contributed by atoms with Crippen molar-refractivity contribution in [2.75, 3.05) is 7.11 Å². The molecule has 0 bridgehead atoms. The number of carbonyl (C=O) groups excluding carboxylic acids is 1. The van der Waals surface area contributed by atoms with Crippen LogP contribution in [0.3, 0.4) is 0 Å². The summed E-state index contributed by atoms with van der Waals surface area (Å²) in [6.45, 7) is 1.40. The number of carbonyl (C=O) groups is 1. The van der Waals surface area contributed by atoms with Gasteiger partial charge in [0.05, 0.1) is 13.2 Å². The van der Waals surface area contributed by atoms with Crippen molar-refractivity contribution in [3.63, 3.8) is 0 Å². The lowest BCUT2D eigenvalue weighted by atomic mass is 10.0. The summed E-state index contributed by atoms with van der Waals surface area (Å²) in [6, 6.07) is 8.28. The van der Waals surface area contributed by atoms with E-state index in [1.165, 1.54) is 14.0 Å². The van der Waals surface area contributed by atoms with Crippen molar-refractivity contribution in [3.05, 3.63) is 35.9 Å². The number of nitrogens with one attached hydrogen (secondary N) is 1. The van der Waals surface area contributed by atoms with Gasteiger partial charge in [0, 0.05) is 0 Å². The van der Waals surface area contributed by atoms with Crippen molar-refractivity contribution >= 4 is 6.09 Å². The number of alkyl halides is 1. The van der Waals surface area contributed by atoms with E-state index < -0.39 is 18.3 Å². The Kier molecular flexibility index (Phi) is 4.09. The van der Waals surface area contributed by atoms with Gasteiger partial charge in [0.2, 0.25) is 0 Å². The molecule has 1 amide bonds. The summed E-state index contributed by atoms with van der Waals surface area (Å²) in [5.74, 6) is 0. The molecular weight excluding hydrogens is 197 g/mol. The van der Waals surface area contributed by atoms with Crippen molar-refractivity contribution in [1.29, 1.82) is 0 Å². The zero-order chi connectivity index (χ0) is 11.3. The van der Waals surface area contributed by atoms with Crippen LogP contribution < -0.4 is 5.32 Å². The molecule has 0 saturated carbocycles. The van der Waals surface area contributed by atoms with Crippen LogP contribution in [0.4, 0.5) is 9.18 Å². The topological polar surface area (TPSA) is 38.3 Å². The largest absolute Gasteiger partial charge is 0.453 e. The zero-order valence-electron chi connectivity index (χ0n) is 8.74. The van der Waals surface area contributed by atoms with Crippen molar-refractivity contribution in [2.24, 2.45) is 0 Å². The monoisotopic (exact) mass is 211 g/mol. The van der Waals surface area contributed by atoms with Gasteiger partial charge in [-0.05, 0) is 12.5 Å². The van der Waals surface area contributed by atoms with Crippen LogP contribution in [-0.2, 0) is 4.74 Å². The highest BCUT2D eigenvalue weighted by Crippen LogP contribution is 2.18. The third-order valence-corrected chi connectivity index (χ3v) is 2.08. The van der Waals surface area contributed by atoms with E-state index in [9.17, 15) is 9.18 Å². The second-order valence-electron chi connectivity index (χ2n) is 3.20. The van der Waals surface area contributed by atoms with Gasteiger partial charge in [0.1, 0.15) is 6.17 Å². The molecule has 0 aliphatic heterocycles. The van der Waals surface area contributed by atoms with Gasteiger partial charge in [-0.3, -0.25) is 0 Å². The zero-order valence-corrected chi connectivity index (χ0v) is 8.74. The summed E-state index contributed by atoms with van der Waals surface area (Å²) in [7, 11) is 1.25. The summed E-state index contributed by atoms with van der Waals surface area (Å²) >= 11 is 0. The van der Waals surface area contributed by atoms with Crippen LogP contribution in [-0.4, -0.2) is 19.4 Å². The molecule has 0 heterocycles. The van der Waals surface area contributed by atoms with Crippen LogP contribution in [0.1, 0.15) is 18.5 Å². The molecule has 0 saturated heterocycles. The second-order valence-corrected chi connectivity index (χ2v) is 3.20. The van der Waals surface area contributed by atoms with E-state index in [1.54, 1.807) is 24.3 Å². The van der Waals surface area contributed by atoms with Crippen molar-refractivity contribution in [2.45, 2.75) is 19.1 Å². The van der Waals surface area contributed by atoms with Gasteiger partial charge in [-0.2, -0.15) is 0 Å². The molecule has 1 N–H and O–H groups in total. The van der Waals surface area contributed by atoms with E-state index in [2.05, 4.69) is 10.1 Å². The van der Waals surface area contributed by atoms with Crippen LogP contribution in [0.5, 0.6) is 0 Å². The number of amides is 1. The summed E-state index contributed by atoms with van der Waals surface area (Å²) < 4.78 is 17.7. The first-order valence-electron chi connectivity index (χ1n) is 4.68. The molecule has 2 atom stereocenters. The lowest BCUT2D eigenvalue weighted by molar-refractivity contribution is 0.157. The lowest BCUT2D eigenvalue weighted by Gasteiger charge is -2.19. The van der Waals surface area contributed by atoms with Gasteiger partial charge in [-0.15, -0.1) is 0 Å².